The number of ether oxygens (including phenoxy) is 1. The number of benzene rings is 1. The van der Waals surface area contributed by atoms with Gasteiger partial charge in [-0.15, -0.1) is 0 Å². The van der Waals surface area contributed by atoms with Crippen molar-refractivity contribution in [3.05, 3.63) is 46.7 Å². The Balaban J connectivity index is 1.57. The number of aromatic nitrogens is 3. The average molecular weight is 311 g/mol. The van der Waals surface area contributed by atoms with Crippen LogP contribution in [0.5, 0.6) is 0 Å². The Morgan fingerprint density at radius 3 is 3.04 bits per heavy atom. The fraction of sp³-hybridized carbons (Fsp3) is 0.353. The molecule has 0 unspecified atom stereocenters. The van der Waals surface area contributed by atoms with Crippen molar-refractivity contribution in [3.63, 3.8) is 0 Å². The lowest BCUT2D eigenvalue weighted by Crippen LogP contribution is -2.05. The molecule has 4 rings (SSSR count). The SMILES string of the molecule is Cc1noc(COC(=O)c2ccc3[nH]c4c(c3c2)CCCC4)n1. The Labute approximate surface area is 132 Å². The number of hydrogen-bond acceptors (Lipinski definition) is 5. The first-order chi connectivity index (χ1) is 11.2. The summed E-state index contributed by atoms with van der Waals surface area (Å²) >= 11 is 0. The van der Waals surface area contributed by atoms with Gasteiger partial charge < -0.3 is 14.2 Å². The molecular formula is C17H17N3O3. The summed E-state index contributed by atoms with van der Waals surface area (Å²) in [7, 11) is 0. The molecule has 0 atom stereocenters. The number of nitrogens with zero attached hydrogens (tertiary/aromatic N) is 2. The fourth-order valence-electron chi connectivity index (χ4n) is 3.14. The summed E-state index contributed by atoms with van der Waals surface area (Å²) in [5, 5.41) is 4.80. The van der Waals surface area contributed by atoms with Crippen molar-refractivity contribution in [3.8, 4) is 0 Å². The molecule has 0 amide bonds. The van der Waals surface area contributed by atoms with Gasteiger partial charge in [0.2, 0.25) is 0 Å². The topological polar surface area (TPSA) is 81.0 Å². The number of carbonyl (C=O) groups excluding carboxylic acids is 1. The Kier molecular flexibility index (Phi) is 3.37. The van der Waals surface area contributed by atoms with Crippen molar-refractivity contribution < 1.29 is 14.1 Å². The Hall–Kier alpha value is -2.63. The van der Waals surface area contributed by atoms with Crippen LogP contribution in [0, 0.1) is 6.92 Å². The smallest absolute Gasteiger partial charge is 0.338 e. The molecule has 0 bridgehead atoms. The first kappa shape index (κ1) is 14.0. The molecule has 0 aliphatic heterocycles. The van der Waals surface area contributed by atoms with Crippen molar-refractivity contribution in [2.45, 2.75) is 39.2 Å². The molecule has 1 N–H and O–H groups in total. The maximum atomic E-state index is 12.2. The van der Waals surface area contributed by atoms with Gasteiger partial charge >= 0.3 is 5.97 Å². The van der Waals surface area contributed by atoms with Crippen LogP contribution >= 0.6 is 0 Å². The number of carbonyl (C=O) groups is 1. The minimum absolute atomic E-state index is 0.0110. The number of nitrogens with one attached hydrogen (secondary N) is 1. The van der Waals surface area contributed by atoms with E-state index in [1.807, 2.05) is 12.1 Å². The molecule has 2 heterocycles. The van der Waals surface area contributed by atoms with Gasteiger partial charge in [0.25, 0.3) is 5.89 Å². The molecule has 0 saturated carbocycles. The Bertz CT molecular complexity index is 878. The van der Waals surface area contributed by atoms with Gasteiger partial charge in [0.05, 0.1) is 5.56 Å². The van der Waals surface area contributed by atoms with E-state index >= 15 is 0 Å². The molecule has 23 heavy (non-hydrogen) atoms. The second-order valence-corrected chi connectivity index (χ2v) is 5.86. The highest BCUT2D eigenvalue weighted by molar-refractivity contribution is 5.96. The Morgan fingerprint density at radius 2 is 2.22 bits per heavy atom. The predicted molar refractivity (Wildman–Crippen MR) is 83.1 cm³/mol. The molecule has 1 aliphatic carbocycles. The molecule has 6 nitrogen and oxygen atoms in total. The number of aromatic amines is 1. The summed E-state index contributed by atoms with van der Waals surface area (Å²) in [5.74, 6) is 0.445. The third-order valence-electron chi connectivity index (χ3n) is 4.23. The summed E-state index contributed by atoms with van der Waals surface area (Å²) in [4.78, 5) is 19.7. The van der Waals surface area contributed by atoms with Crippen LogP contribution in [0.4, 0.5) is 0 Å². The van der Waals surface area contributed by atoms with Gasteiger partial charge in [0.15, 0.2) is 12.4 Å². The summed E-state index contributed by atoms with van der Waals surface area (Å²) in [6.07, 6.45) is 4.57. The molecule has 118 valence electrons. The zero-order valence-electron chi connectivity index (χ0n) is 12.9. The van der Waals surface area contributed by atoms with Gasteiger partial charge in [-0.05, 0) is 56.4 Å². The molecule has 0 spiro atoms. The van der Waals surface area contributed by atoms with E-state index in [9.17, 15) is 4.79 Å². The quantitative estimate of drug-likeness (QED) is 0.752. The molecule has 0 fully saturated rings. The maximum absolute atomic E-state index is 12.2. The number of aryl methyl sites for hydroxylation is 3. The summed E-state index contributed by atoms with van der Waals surface area (Å²) in [6, 6.07) is 5.64. The van der Waals surface area contributed by atoms with E-state index in [1.54, 1.807) is 13.0 Å². The van der Waals surface area contributed by atoms with E-state index in [0.29, 0.717) is 17.3 Å². The van der Waals surface area contributed by atoms with E-state index in [2.05, 4.69) is 15.1 Å². The fourth-order valence-corrected chi connectivity index (χ4v) is 3.14. The standard InChI is InChI=1S/C17H17N3O3/c1-10-18-16(23-20-10)9-22-17(21)11-6-7-15-13(8-11)12-4-2-3-5-14(12)19-15/h6-8,19H,2-5,9H2,1H3. The lowest BCUT2D eigenvalue weighted by atomic mass is 9.95. The van der Waals surface area contributed by atoms with Crippen LogP contribution in [0.3, 0.4) is 0 Å². The van der Waals surface area contributed by atoms with Crippen molar-refractivity contribution in [2.24, 2.45) is 0 Å². The summed E-state index contributed by atoms with van der Waals surface area (Å²) < 4.78 is 10.2. The van der Waals surface area contributed by atoms with Crippen molar-refractivity contribution in [1.29, 1.82) is 0 Å². The van der Waals surface area contributed by atoms with Gasteiger partial charge in [-0.2, -0.15) is 4.98 Å². The highest BCUT2D eigenvalue weighted by atomic mass is 16.6. The number of rotatable bonds is 3. The molecule has 6 heteroatoms. The highest BCUT2D eigenvalue weighted by Gasteiger charge is 2.17. The number of H-pyrrole nitrogens is 1. The van der Waals surface area contributed by atoms with Crippen LogP contribution in [0.1, 0.15) is 46.2 Å². The van der Waals surface area contributed by atoms with Crippen molar-refractivity contribution >= 4 is 16.9 Å². The number of esters is 1. The third-order valence-corrected chi connectivity index (χ3v) is 4.23. The minimum atomic E-state index is -0.381. The minimum Gasteiger partial charge on any atom is -0.452 e. The summed E-state index contributed by atoms with van der Waals surface area (Å²) in [6.45, 7) is 1.71. The van der Waals surface area contributed by atoms with Crippen LogP contribution in [0.15, 0.2) is 22.7 Å². The molecule has 0 radical (unpaired) electrons. The van der Waals surface area contributed by atoms with E-state index in [4.69, 9.17) is 9.26 Å². The van der Waals surface area contributed by atoms with E-state index < -0.39 is 0 Å². The van der Waals surface area contributed by atoms with Gasteiger partial charge in [0, 0.05) is 16.6 Å². The third kappa shape index (κ3) is 2.60. The van der Waals surface area contributed by atoms with Gasteiger partial charge in [-0.1, -0.05) is 5.16 Å². The first-order valence-electron chi connectivity index (χ1n) is 7.80. The lowest BCUT2D eigenvalue weighted by Gasteiger charge is -2.10. The van der Waals surface area contributed by atoms with Crippen LogP contribution in [-0.4, -0.2) is 21.1 Å². The molecule has 2 aromatic heterocycles. The predicted octanol–water partition coefficient (Wildman–Crippen LogP) is 3.10. The van der Waals surface area contributed by atoms with E-state index in [-0.39, 0.29) is 12.6 Å². The van der Waals surface area contributed by atoms with E-state index in [1.165, 1.54) is 24.1 Å². The molecule has 1 aromatic carbocycles. The van der Waals surface area contributed by atoms with Gasteiger partial charge in [-0.25, -0.2) is 4.79 Å². The summed E-state index contributed by atoms with van der Waals surface area (Å²) in [5.41, 5.74) is 4.27. The zero-order chi connectivity index (χ0) is 15.8. The molecular weight excluding hydrogens is 294 g/mol. The first-order valence-corrected chi connectivity index (χ1v) is 7.80. The van der Waals surface area contributed by atoms with Gasteiger partial charge in [0.1, 0.15) is 0 Å². The largest absolute Gasteiger partial charge is 0.452 e. The Morgan fingerprint density at radius 1 is 1.35 bits per heavy atom. The van der Waals surface area contributed by atoms with Crippen LogP contribution < -0.4 is 0 Å². The number of hydrogen-bond donors (Lipinski definition) is 1. The lowest BCUT2D eigenvalue weighted by molar-refractivity contribution is 0.0430. The van der Waals surface area contributed by atoms with Crippen LogP contribution in [-0.2, 0) is 24.2 Å². The second kappa shape index (κ2) is 5.53. The zero-order valence-corrected chi connectivity index (χ0v) is 12.9. The monoisotopic (exact) mass is 311 g/mol. The highest BCUT2D eigenvalue weighted by Crippen LogP contribution is 2.29. The second-order valence-electron chi connectivity index (χ2n) is 5.86. The molecule has 1 aliphatic rings. The van der Waals surface area contributed by atoms with Crippen molar-refractivity contribution in [2.75, 3.05) is 0 Å². The maximum Gasteiger partial charge on any atom is 0.338 e. The van der Waals surface area contributed by atoms with E-state index in [0.717, 1.165) is 23.7 Å². The normalized spacial score (nSPS) is 14.0. The number of fused-ring (bicyclic) bond motifs is 3. The average Bonchev–Trinajstić information content (AvgIpc) is 3.15. The van der Waals surface area contributed by atoms with Crippen molar-refractivity contribution in [1.82, 2.24) is 15.1 Å². The van der Waals surface area contributed by atoms with Gasteiger partial charge in [-0.3, -0.25) is 0 Å². The molecule has 0 saturated heterocycles. The molecule has 3 aromatic rings. The van der Waals surface area contributed by atoms with Crippen LogP contribution in [0.2, 0.25) is 0 Å². The van der Waals surface area contributed by atoms with Crippen LogP contribution in [0.25, 0.3) is 10.9 Å².